The number of rotatable bonds is 4. The van der Waals surface area contributed by atoms with Crippen LogP contribution in [-0.2, 0) is 9.59 Å². The van der Waals surface area contributed by atoms with Gasteiger partial charge in [-0.1, -0.05) is 27.5 Å². The summed E-state index contributed by atoms with van der Waals surface area (Å²) in [4.78, 5) is 38.9. The van der Waals surface area contributed by atoms with Crippen LogP contribution in [0.3, 0.4) is 0 Å². The van der Waals surface area contributed by atoms with Crippen molar-refractivity contribution in [3.8, 4) is 5.75 Å². The number of urea groups is 1. The lowest BCUT2D eigenvalue weighted by molar-refractivity contribution is -0.122. The van der Waals surface area contributed by atoms with E-state index in [-0.39, 0.29) is 11.7 Å². The fourth-order valence-electron chi connectivity index (χ4n) is 2.89. The summed E-state index contributed by atoms with van der Waals surface area (Å²) in [6.45, 7) is 5.49. The molecular weight excluding hydrogens is 460 g/mol. The Hall–Kier alpha value is -2.64. The van der Waals surface area contributed by atoms with Crippen LogP contribution < -0.4 is 15.0 Å². The Labute approximate surface area is 181 Å². The average molecular weight is 478 g/mol. The van der Waals surface area contributed by atoms with Crippen LogP contribution in [0.1, 0.15) is 25.0 Å². The molecule has 2 aromatic rings. The molecule has 2 aromatic carbocycles. The second-order valence-corrected chi connectivity index (χ2v) is 8.09. The smallest absolute Gasteiger partial charge is 0.335 e. The zero-order valence-corrected chi connectivity index (χ0v) is 18.3. The number of ether oxygens (including phenoxy) is 1. The van der Waals surface area contributed by atoms with Gasteiger partial charge in [-0.3, -0.25) is 14.9 Å². The molecule has 1 N–H and O–H groups in total. The average Bonchev–Trinajstić information content (AvgIpc) is 2.62. The van der Waals surface area contributed by atoms with Gasteiger partial charge in [0.25, 0.3) is 11.8 Å². The fourth-order valence-corrected chi connectivity index (χ4v) is 3.55. The zero-order chi connectivity index (χ0) is 21.3. The number of halogens is 2. The van der Waals surface area contributed by atoms with Gasteiger partial charge in [0.2, 0.25) is 0 Å². The maximum Gasteiger partial charge on any atom is 0.335 e. The summed E-state index contributed by atoms with van der Waals surface area (Å²) in [5.74, 6) is -1.03. The summed E-state index contributed by atoms with van der Waals surface area (Å²) in [5.41, 5.74) is 1.36. The molecule has 0 radical (unpaired) electrons. The highest BCUT2D eigenvalue weighted by Crippen LogP contribution is 2.30. The highest BCUT2D eigenvalue weighted by molar-refractivity contribution is 9.10. The Balaban J connectivity index is 2.08. The fraction of sp³-hybridized carbons (Fsp3) is 0.190. The lowest BCUT2D eigenvalue weighted by atomic mass is 10.0. The Morgan fingerprint density at radius 3 is 2.52 bits per heavy atom. The van der Waals surface area contributed by atoms with Crippen molar-refractivity contribution >= 4 is 57.1 Å². The van der Waals surface area contributed by atoms with E-state index in [4.69, 9.17) is 16.3 Å². The summed E-state index contributed by atoms with van der Waals surface area (Å²) in [5, 5.41) is 2.64. The van der Waals surface area contributed by atoms with Crippen LogP contribution in [0.15, 0.2) is 46.4 Å². The number of nitrogens with one attached hydrogen (secondary N) is 1. The van der Waals surface area contributed by atoms with Gasteiger partial charge in [0.1, 0.15) is 11.3 Å². The predicted molar refractivity (Wildman–Crippen MR) is 115 cm³/mol. The monoisotopic (exact) mass is 476 g/mol. The molecule has 1 fully saturated rings. The molecule has 29 heavy (non-hydrogen) atoms. The van der Waals surface area contributed by atoms with Crippen molar-refractivity contribution in [1.82, 2.24) is 5.32 Å². The topological polar surface area (TPSA) is 75.7 Å². The molecule has 0 bridgehead atoms. The molecule has 6 nitrogen and oxygen atoms in total. The van der Waals surface area contributed by atoms with Gasteiger partial charge < -0.3 is 4.74 Å². The van der Waals surface area contributed by atoms with Crippen LogP contribution in [0.2, 0.25) is 5.02 Å². The number of anilines is 1. The maximum absolute atomic E-state index is 13.1. The number of aryl methyl sites for hydroxylation is 1. The summed E-state index contributed by atoms with van der Waals surface area (Å²) in [6, 6.07) is 9.25. The third-order valence-corrected chi connectivity index (χ3v) is 4.86. The molecule has 0 atom stereocenters. The SMILES string of the molecule is Cc1cc(Br)ccc1N1C(=O)NC(=O)/C(=C/c2cc(Cl)ccc2OC(C)C)C1=O. The quantitative estimate of drug-likeness (QED) is 0.504. The molecule has 1 saturated heterocycles. The lowest BCUT2D eigenvalue weighted by Crippen LogP contribution is -2.54. The predicted octanol–water partition coefficient (Wildman–Crippen LogP) is 4.86. The molecule has 0 saturated carbocycles. The van der Waals surface area contributed by atoms with Crippen LogP contribution in [0.25, 0.3) is 6.08 Å². The van der Waals surface area contributed by atoms with Crippen LogP contribution in [0.4, 0.5) is 10.5 Å². The van der Waals surface area contributed by atoms with E-state index in [1.807, 2.05) is 13.8 Å². The molecule has 0 unspecified atom stereocenters. The molecule has 0 aromatic heterocycles. The van der Waals surface area contributed by atoms with E-state index in [1.165, 1.54) is 6.08 Å². The van der Waals surface area contributed by atoms with Gasteiger partial charge in [-0.15, -0.1) is 0 Å². The second-order valence-electron chi connectivity index (χ2n) is 6.74. The number of hydrogen-bond donors (Lipinski definition) is 1. The van der Waals surface area contributed by atoms with Gasteiger partial charge in [0, 0.05) is 15.1 Å². The number of amides is 4. The van der Waals surface area contributed by atoms with Gasteiger partial charge in [0.15, 0.2) is 0 Å². The van der Waals surface area contributed by atoms with Crippen molar-refractivity contribution in [3.63, 3.8) is 0 Å². The minimum atomic E-state index is -0.799. The van der Waals surface area contributed by atoms with E-state index in [1.54, 1.807) is 43.3 Å². The Morgan fingerprint density at radius 1 is 1.14 bits per heavy atom. The van der Waals surface area contributed by atoms with Crippen molar-refractivity contribution in [3.05, 3.63) is 62.6 Å². The standard InChI is InChI=1S/C21H18BrClN2O4/c1-11(2)29-18-7-5-15(23)9-13(18)10-16-19(26)24-21(28)25(20(16)27)17-6-4-14(22)8-12(17)3/h4-11H,1-3H3,(H,24,26,28)/b16-10-. The van der Waals surface area contributed by atoms with Crippen LogP contribution >= 0.6 is 27.5 Å². The number of nitrogens with zero attached hydrogens (tertiary/aromatic N) is 1. The first-order valence-electron chi connectivity index (χ1n) is 8.81. The maximum atomic E-state index is 13.1. The minimum Gasteiger partial charge on any atom is -0.490 e. The molecule has 0 spiro atoms. The molecule has 0 aliphatic carbocycles. The van der Waals surface area contributed by atoms with Gasteiger partial charge in [-0.25, -0.2) is 9.69 Å². The Kier molecular flexibility index (Phi) is 6.10. The van der Waals surface area contributed by atoms with Crippen LogP contribution in [-0.4, -0.2) is 23.9 Å². The number of carbonyl (C=O) groups excluding carboxylic acids is 3. The first-order valence-corrected chi connectivity index (χ1v) is 9.98. The lowest BCUT2D eigenvalue weighted by Gasteiger charge is -2.27. The van der Waals surface area contributed by atoms with Crippen LogP contribution in [0, 0.1) is 6.92 Å². The Bertz CT molecular complexity index is 1050. The number of benzene rings is 2. The van der Waals surface area contributed by atoms with Crippen molar-refractivity contribution in [2.75, 3.05) is 4.90 Å². The first-order chi connectivity index (χ1) is 13.7. The van der Waals surface area contributed by atoms with Gasteiger partial charge in [-0.05, 0) is 68.8 Å². The molecule has 3 rings (SSSR count). The zero-order valence-electron chi connectivity index (χ0n) is 16.0. The molecular formula is C21H18BrClN2O4. The first kappa shape index (κ1) is 21.1. The number of imide groups is 2. The highest BCUT2D eigenvalue weighted by atomic mass is 79.9. The highest BCUT2D eigenvalue weighted by Gasteiger charge is 2.37. The molecule has 1 aliphatic rings. The van der Waals surface area contributed by atoms with Crippen molar-refractivity contribution in [2.24, 2.45) is 0 Å². The summed E-state index contributed by atoms with van der Waals surface area (Å²) >= 11 is 9.44. The van der Waals surface area contributed by atoms with Gasteiger partial charge in [0.05, 0.1) is 11.8 Å². The summed E-state index contributed by atoms with van der Waals surface area (Å²) in [6.07, 6.45) is 1.27. The number of carbonyl (C=O) groups is 3. The molecule has 8 heteroatoms. The van der Waals surface area contributed by atoms with Gasteiger partial charge in [-0.2, -0.15) is 0 Å². The van der Waals surface area contributed by atoms with E-state index in [0.717, 1.165) is 9.37 Å². The van der Waals surface area contributed by atoms with Crippen molar-refractivity contribution < 1.29 is 19.1 Å². The molecule has 4 amide bonds. The van der Waals surface area contributed by atoms with Crippen molar-refractivity contribution in [2.45, 2.75) is 26.9 Å². The normalized spacial score (nSPS) is 15.9. The third kappa shape index (κ3) is 4.52. The number of barbiturate groups is 1. The van der Waals surface area contributed by atoms with E-state index >= 15 is 0 Å². The Morgan fingerprint density at radius 2 is 1.86 bits per heavy atom. The summed E-state index contributed by atoms with van der Waals surface area (Å²) in [7, 11) is 0. The molecule has 1 aliphatic heterocycles. The second kappa shape index (κ2) is 8.39. The van der Waals surface area contributed by atoms with E-state index < -0.39 is 17.8 Å². The van der Waals surface area contributed by atoms with E-state index in [9.17, 15) is 14.4 Å². The van der Waals surface area contributed by atoms with Gasteiger partial charge >= 0.3 is 6.03 Å². The third-order valence-electron chi connectivity index (χ3n) is 4.14. The van der Waals surface area contributed by atoms with Crippen LogP contribution in [0.5, 0.6) is 5.75 Å². The molecule has 150 valence electrons. The molecule has 1 heterocycles. The van der Waals surface area contributed by atoms with E-state index in [2.05, 4.69) is 21.2 Å². The summed E-state index contributed by atoms with van der Waals surface area (Å²) < 4.78 is 6.56. The number of hydrogen-bond acceptors (Lipinski definition) is 4. The van der Waals surface area contributed by atoms with Crippen molar-refractivity contribution in [1.29, 1.82) is 0 Å². The minimum absolute atomic E-state index is 0.118. The largest absolute Gasteiger partial charge is 0.490 e. The van der Waals surface area contributed by atoms with E-state index in [0.29, 0.717) is 27.6 Å².